The number of amides is 2. The number of thioether (sulfide) groups is 1. The van der Waals surface area contributed by atoms with Crippen LogP contribution in [0.25, 0.3) is 0 Å². The van der Waals surface area contributed by atoms with Gasteiger partial charge in [0.1, 0.15) is 17.6 Å². The van der Waals surface area contributed by atoms with Crippen molar-refractivity contribution in [2.24, 2.45) is 5.92 Å². The molecule has 3 aromatic carbocycles. The number of aromatic nitrogens is 1. The van der Waals surface area contributed by atoms with Crippen LogP contribution < -0.4 is 14.5 Å². The Morgan fingerprint density at radius 1 is 0.897 bits per heavy atom. The maximum atomic E-state index is 13.8. The number of halogens is 3. The molecule has 0 radical (unpaired) electrons. The van der Waals surface area contributed by atoms with E-state index in [-0.39, 0.29) is 4.87 Å². The first-order valence-electron chi connectivity index (χ1n) is 11.9. The number of aromatic amines is 1. The fourth-order valence-electron chi connectivity index (χ4n) is 5.06. The molecule has 2 amide bonds. The number of carbonyl (C=O) groups is 2. The number of rotatable bonds is 5. The lowest BCUT2D eigenvalue weighted by molar-refractivity contribution is -0.137. The van der Waals surface area contributed by atoms with E-state index in [2.05, 4.69) is 4.98 Å². The zero-order valence-electron chi connectivity index (χ0n) is 20.0. The van der Waals surface area contributed by atoms with E-state index in [1.807, 2.05) is 30.3 Å². The van der Waals surface area contributed by atoms with Gasteiger partial charge in [0.15, 0.2) is 0 Å². The van der Waals surface area contributed by atoms with Gasteiger partial charge >= 0.3 is 11.0 Å². The highest BCUT2D eigenvalue weighted by Crippen LogP contribution is 2.54. The zero-order chi connectivity index (χ0) is 27.3. The summed E-state index contributed by atoms with van der Waals surface area (Å²) in [4.78, 5) is 43.3. The minimum Gasteiger partial charge on any atom is -0.489 e. The molecule has 1 saturated heterocycles. The van der Waals surface area contributed by atoms with E-state index in [9.17, 15) is 27.6 Å². The molecule has 4 aromatic rings. The largest absolute Gasteiger partial charge is 0.489 e. The number of carbonyl (C=O) groups excluding carboxylic acids is 2. The number of imide groups is 1. The number of nitrogens with one attached hydrogen (secondary N) is 1. The molecule has 1 N–H and O–H groups in total. The fraction of sp³-hybridized carbons (Fsp3) is 0.179. The number of hydrogen-bond acceptors (Lipinski definition) is 6. The molecule has 1 fully saturated rings. The van der Waals surface area contributed by atoms with Gasteiger partial charge in [-0.15, -0.1) is 0 Å². The van der Waals surface area contributed by atoms with E-state index >= 15 is 0 Å². The first-order chi connectivity index (χ1) is 18.7. The molecular formula is C28H19F3N2O4S2. The number of ether oxygens (including phenoxy) is 1. The van der Waals surface area contributed by atoms with Gasteiger partial charge in [-0.25, -0.2) is 4.90 Å². The van der Waals surface area contributed by atoms with Gasteiger partial charge in [0.25, 0.3) is 0 Å². The van der Waals surface area contributed by atoms with Crippen molar-refractivity contribution in [2.75, 3.05) is 4.90 Å². The summed E-state index contributed by atoms with van der Waals surface area (Å²) in [6.45, 7) is 0.305. The summed E-state index contributed by atoms with van der Waals surface area (Å²) in [6.07, 6.45) is -4.76. The number of benzene rings is 3. The average Bonchev–Trinajstić information content (AvgIpc) is 3.41. The second kappa shape index (κ2) is 9.73. The van der Waals surface area contributed by atoms with E-state index in [0.29, 0.717) is 32.7 Å². The Morgan fingerprint density at radius 2 is 1.64 bits per heavy atom. The van der Waals surface area contributed by atoms with Crippen LogP contribution in [0.2, 0.25) is 0 Å². The smallest absolute Gasteiger partial charge is 0.418 e. The van der Waals surface area contributed by atoms with Crippen molar-refractivity contribution in [3.05, 3.63) is 110 Å². The van der Waals surface area contributed by atoms with Crippen molar-refractivity contribution < 1.29 is 27.5 Å². The average molecular weight is 569 g/mol. The SMILES string of the molecule is O=C1C2Sc3[nH]c(=O)sc3C(c3cccc(OCc4ccccc4)c3)C2C(=O)N1c1ccccc1C(F)(F)F. The van der Waals surface area contributed by atoms with Gasteiger partial charge in [-0.05, 0) is 35.4 Å². The molecule has 0 saturated carbocycles. The Balaban J connectivity index is 1.40. The topological polar surface area (TPSA) is 79.5 Å². The molecule has 0 bridgehead atoms. The van der Waals surface area contributed by atoms with E-state index in [1.165, 1.54) is 12.1 Å². The molecule has 2 aliphatic heterocycles. The predicted octanol–water partition coefficient (Wildman–Crippen LogP) is 5.83. The highest BCUT2D eigenvalue weighted by molar-refractivity contribution is 8.00. The molecule has 2 aliphatic rings. The highest BCUT2D eigenvalue weighted by Gasteiger charge is 2.57. The summed E-state index contributed by atoms with van der Waals surface area (Å²) < 4.78 is 47.4. The zero-order valence-corrected chi connectivity index (χ0v) is 21.6. The molecule has 39 heavy (non-hydrogen) atoms. The van der Waals surface area contributed by atoms with Crippen molar-refractivity contribution in [2.45, 2.75) is 29.0 Å². The first-order valence-corrected chi connectivity index (χ1v) is 13.6. The number of para-hydroxylation sites is 1. The lowest BCUT2D eigenvalue weighted by atomic mass is 9.83. The summed E-state index contributed by atoms with van der Waals surface area (Å²) in [5.74, 6) is -2.69. The maximum Gasteiger partial charge on any atom is 0.418 e. The standard InChI is InChI=1S/C28H19F3N2O4S2/c29-28(30,31)18-11-4-5-12-19(18)33-25(34)21-20(22-24(32-27(36)39-22)38-23(21)26(33)35)16-9-6-10-17(13-16)37-14-15-7-2-1-3-8-15/h1-13,20-21,23H,14H2,(H,32,36). The fourth-order valence-corrected chi connectivity index (χ4v) is 7.58. The second-order valence-electron chi connectivity index (χ2n) is 9.12. The summed E-state index contributed by atoms with van der Waals surface area (Å²) in [5, 5.41) is -0.561. The minimum absolute atomic E-state index is 0.305. The summed E-state index contributed by atoms with van der Waals surface area (Å²) >= 11 is 1.94. The van der Waals surface area contributed by atoms with Crippen molar-refractivity contribution in [1.82, 2.24) is 4.98 Å². The number of alkyl halides is 3. The Kier molecular flexibility index (Phi) is 6.35. The number of H-pyrrole nitrogens is 1. The lowest BCUT2D eigenvalue weighted by Crippen LogP contribution is -2.33. The van der Waals surface area contributed by atoms with Gasteiger partial charge in [0.05, 0.1) is 22.2 Å². The quantitative estimate of drug-likeness (QED) is 0.307. The number of nitrogens with zero attached hydrogens (tertiary/aromatic N) is 1. The molecule has 198 valence electrons. The van der Waals surface area contributed by atoms with Crippen LogP contribution in [0, 0.1) is 5.92 Å². The van der Waals surface area contributed by atoms with Crippen LogP contribution in [0.4, 0.5) is 18.9 Å². The molecule has 11 heteroatoms. The van der Waals surface area contributed by atoms with Gasteiger partial charge in [0, 0.05) is 10.8 Å². The van der Waals surface area contributed by atoms with E-state index < -0.39 is 46.3 Å². The molecule has 3 heterocycles. The van der Waals surface area contributed by atoms with Gasteiger partial charge in [0.2, 0.25) is 11.8 Å². The summed E-state index contributed by atoms with van der Waals surface area (Å²) in [5.41, 5.74) is 0.0232. The van der Waals surface area contributed by atoms with Crippen molar-refractivity contribution >= 4 is 40.6 Å². The first kappa shape index (κ1) is 25.4. The maximum absolute atomic E-state index is 13.8. The van der Waals surface area contributed by atoms with Gasteiger partial charge < -0.3 is 9.72 Å². The number of hydrogen-bond donors (Lipinski definition) is 1. The van der Waals surface area contributed by atoms with Crippen LogP contribution >= 0.6 is 23.1 Å². The normalized spacial score (nSPS) is 20.6. The van der Waals surface area contributed by atoms with E-state index in [1.54, 1.807) is 24.3 Å². The van der Waals surface area contributed by atoms with Crippen molar-refractivity contribution in [1.29, 1.82) is 0 Å². The Morgan fingerprint density at radius 3 is 2.41 bits per heavy atom. The molecule has 6 rings (SSSR count). The third-order valence-electron chi connectivity index (χ3n) is 6.74. The Labute approximate surface area is 228 Å². The number of fused-ring (bicyclic) bond motifs is 2. The van der Waals surface area contributed by atoms with Crippen LogP contribution in [0.1, 0.15) is 27.5 Å². The van der Waals surface area contributed by atoms with E-state index in [4.69, 9.17) is 4.74 Å². The molecule has 6 nitrogen and oxygen atoms in total. The minimum atomic E-state index is -4.76. The van der Waals surface area contributed by atoms with Gasteiger partial charge in [-0.3, -0.25) is 14.4 Å². The summed E-state index contributed by atoms with van der Waals surface area (Å²) in [7, 11) is 0. The van der Waals surface area contributed by atoms with Crippen LogP contribution in [0.15, 0.2) is 88.7 Å². The van der Waals surface area contributed by atoms with Crippen LogP contribution in [-0.4, -0.2) is 22.0 Å². The van der Waals surface area contributed by atoms with Crippen LogP contribution in [0.5, 0.6) is 5.75 Å². The number of thiazole rings is 1. The van der Waals surface area contributed by atoms with Gasteiger partial charge in [-0.1, -0.05) is 77.7 Å². The molecule has 3 atom stereocenters. The molecular weight excluding hydrogens is 549 g/mol. The predicted molar refractivity (Wildman–Crippen MR) is 141 cm³/mol. The second-order valence-corrected chi connectivity index (χ2v) is 11.3. The number of anilines is 1. The van der Waals surface area contributed by atoms with E-state index in [0.717, 1.165) is 40.8 Å². The highest BCUT2D eigenvalue weighted by atomic mass is 32.2. The van der Waals surface area contributed by atoms with Gasteiger partial charge in [-0.2, -0.15) is 13.2 Å². The van der Waals surface area contributed by atoms with Crippen molar-refractivity contribution in [3.8, 4) is 5.75 Å². The van der Waals surface area contributed by atoms with Crippen molar-refractivity contribution in [3.63, 3.8) is 0 Å². The molecule has 1 aromatic heterocycles. The third-order valence-corrected chi connectivity index (χ3v) is 9.14. The monoisotopic (exact) mass is 568 g/mol. The van der Waals surface area contributed by atoms with Crippen LogP contribution in [-0.2, 0) is 22.4 Å². The summed E-state index contributed by atoms with van der Waals surface area (Å²) in [6, 6.07) is 21.1. The van der Waals surface area contributed by atoms with Crippen LogP contribution in [0.3, 0.4) is 0 Å². The Bertz CT molecular complexity index is 1630. The molecule has 3 unspecified atom stereocenters. The lowest BCUT2D eigenvalue weighted by Gasteiger charge is -2.30. The Hall–Kier alpha value is -3.83. The molecule has 0 aliphatic carbocycles. The third kappa shape index (κ3) is 4.55. The molecule has 0 spiro atoms.